The molecule has 1 saturated carbocycles. The lowest BCUT2D eigenvalue weighted by Crippen LogP contribution is -2.51. The SMILES string of the molecule is COCCOc1ccc2c(c1)n(C[C@H]1CC[C@H](C(=O)N3CCN(C(C)=O)CC3)CC1)c(=O)n2C. The van der Waals surface area contributed by atoms with Gasteiger partial charge in [0, 0.05) is 65.8 Å². The Kier molecular flexibility index (Phi) is 7.60. The summed E-state index contributed by atoms with van der Waals surface area (Å²) >= 11 is 0. The van der Waals surface area contributed by atoms with E-state index < -0.39 is 0 Å². The van der Waals surface area contributed by atoms with E-state index in [-0.39, 0.29) is 23.4 Å². The fourth-order valence-electron chi connectivity index (χ4n) is 5.25. The highest BCUT2D eigenvalue weighted by Crippen LogP contribution is 2.32. The van der Waals surface area contributed by atoms with Crippen LogP contribution in [-0.2, 0) is 27.9 Å². The van der Waals surface area contributed by atoms with Gasteiger partial charge in [0.1, 0.15) is 12.4 Å². The lowest BCUT2D eigenvalue weighted by atomic mass is 9.81. The van der Waals surface area contributed by atoms with Crippen LogP contribution in [0.15, 0.2) is 23.0 Å². The van der Waals surface area contributed by atoms with Crippen molar-refractivity contribution in [2.24, 2.45) is 18.9 Å². The molecule has 9 nitrogen and oxygen atoms in total. The van der Waals surface area contributed by atoms with Gasteiger partial charge in [0.25, 0.3) is 0 Å². The average molecular weight is 473 g/mol. The molecule has 2 amide bonds. The number of piperazine rings is 1. The van der Waals surface area contributed by atoms with Gasteiger partial charge in [-0.05, 0) is 43.7 Å². The Balaban J connectivity index is 1.37. The summed E-state index contributed by atoms with van der Waals surface area (Å²) in [6.07, 6.45) is 3.55. The molecule has 1 aliphatic heterocycles. The molecule has 2 fully saturated rings. The number of hydrogen-bond donors (Lipinski definition) is 0. The van der Waals surface area contributed by atoms with E-state index in [9.17, 15) is 14.4 Å². The van der Waals surface area contributed by atoms with Gasteiger partial charge < -0.3 is 19.3 Å². The molecule has 9 heteroatoms. The molecule has 2 aliphatic rings. The molecule has 1 aliphatic carbocycles. The van der Waals surface area contributed by atoms with Crippen LogP contribution in [0.1, 0.15) is 32.6 Å². The van der Waals surface area contributed by atoms with Crippen molar-refractivity contribution in [1.29, 1.82) is 0 Å². The Morgan fingerprint density at radius 1 is 0.971 bits per heavy atom. The first-order valence-electron chi connectivity index (χ1n) is 12.2. The quantitative estimate of drug-likeness (QED) is 0.575. The molecule has 0 bridgehead atoms. The number of amides is 2. The summed E-state index contributed by atoms with van der Waals surface area (Å²) in [5.41, 5.74) is 1.74. The Morgan fingerprint density at radius 3 is 2.29 bits per heavy atom. The Hall–Kier alpha value is -2.81. The Bertz CT molecular complexity index is 1070. The second-order valence-corrected chi connectivity index (χ2v) is 9.49. The summed E-state index contributed by atoms with van der Waals surface area (Å²) in [5.74, 6) is 1.43. The van der Waals surface area contributed by atoms with E-state index in [4.69, 9.17) is 9.47 Å². The van der Waals surface area contributed by atoms with Crippen molar-refractivity contribution < 1.29 is 19.1 Å². The molecule has 0 spiro atoms. The van der Waals surface area contributed by atoms with Gasteiger partial charge in [-0.2, -0.15) is 0 Å². The van der Waals surface area contributed by atoms with E-state index >= 15 is 0 Å². The maximum absolute atomic E-state index is 13.0. The number of ether oxygens (including phenoxy) is 2. The minimum atomic E-state index is -0.0226. The first-order chi connectivity index (χ1) is 16.4. The van der Waals surface area contributed by atoms with Crippen LogP contribution in [0.2, 0.25) is 0 Å². The summed E-state index contributed by atoms with van der Waals surface area (Å²) < 4.78 is 14.3. The van der Waals surface area contributed by atoms with Crippen molar-refractivity contribution in [3.8, 4) is 5.75 Å². The monoisotopic (exact) mass is 472 g/mol. The predicted molar refractivity (Wildman–Crippen MR) is 129 cm³/mol. The van der Waals surface area contributed by atoms with Crippen LogP contribution in [0, 0.1) is 11.8 Å². The Labute approximate surface area is 200 Å². The van der Waals surface area contributed by atoms with E-state index in [1.165, 1.54) is 0 Å². The van der Waals surface area contributed by atoms with Crippen molar-refractivity contribution in [1.82, 2.24) is 18.9 Å². The van der Waals surface area contributed by atoms with Crippen molar-refractivity contribution in [2.75, 3.05) is 46.5 Å². The molecule has 2 heterocycles. The van der Waals surface area contributed by atoms with Crippen molar-refractivity contribution in [3.63, 3.8) is 0 Å². The molecule has 4 rings (SSSR count). The molecule has 0 N–H and O–H groups in total. The maximum atomic E-state index is 13.0. The van der Waals surface area contributed by atoms with Crippen LogP contribution in [0.5, 0.6) is 5.75 Å². The number of carbonyl (C=O) groups is 2. The molecule has 1 aromatic carbocycles. The van der Waals surface area contributed by atoms with Crippen molar-refractivity contribution in [2.45, 2.75) is 39.2 Å². The zero-order valence-electron chi connectivity index (χ0n) is 20.5. The second-order valence-electron chi connectivity index (χ2n) is 9.49. The molecule has 1 saturated heterocycles. The van der Waals surface area contributed by atoms with Crippen LogP contribution in [0.25, 0.3) is 11.0 Å². The first-order valence-corrected chi connectivity index (χ1v) is 12.2. The van der Waals surface area contributed by atoms with E-state index in [1.807, 2.05) is 27.7 Å². The number of rotatable bonds is 7. The lowest BCUT2D eigenvalue weighted by molar-refractivity contribution is -0.142. The van der Waals surface area contributed by atoms with E-state index in [0.29, 0.717) is 51.9 Å². The van der Waals surface area contributed by atoms with Gasteiger partial charge in [-0.25, -0.2) is 4.79 Å². The highest BCUT2D eigenvalue weighted by molar-refractivity contribution is 5.80. The molecule has 1 aromatic heterocycles. The average Bonchev–Trinajstić information content (AvgIpc) is 3.08. The maximum Gasteiger partial charge on any atom is 0.328 e. The third-order valence-electron chi connectivity index (χ3n) is 7.35. The van der Waals surface area contributed by atoms with Crippen molar-refractivity contribution in [3.05, 3.63) is 28.7 Å². The molecule has 34 heavy (non-hydrogen) atoms. The fraction of sp³-hybridized carbons (Fsp3) is 0.640. The van der Waals surface area contributed by atoms with Gasteiger partial charge in [0.2, 0.25) is 11.8 Å². The van der Waals surface area contributed by atoms with Crippen LogP contribution in [-0.4, -0.2) is 77.3 Å². The molecule has 186 valence electrons. The highest BCUT2D eigenvalue weighted by Gasteiger charge is 2.32. The third-order valence-corrected chi connectivity index (χ3v) is 7.35. The number of hydrogen-bond acceptors (Lipinski definition) is 5. The minimum absolute atomic E-state index is 0.0226. The topological polar surface area (TPSA) is 86.0 Å². The van der Waals surface area contributed by atoms with Crippen LogP contribution < -0.4 is 10.4 Å². The number of imidazole rings is 1. The van der Waals surface area contributed by atoms with Crippen molar-refractivity contribution >= 4 is 22.8 Å². The van der Waals surface area contributed by atoms with Crippen LogP contribution >= 0.6 is 0 Å². The number of methoxy groups -OCH3 is 1. The van der Waals surface area contributed by atoms with Gasteiger partial charge in [-0.1, -0.05) is 0 Å². The van der Waals surface area contributed by atoms with E-state index in [1.54, 1.807) is 30.5 Å². The van der Waals surface area contributed by atoms with Crippen LogP contribution in [0.4, 0.5) is 0 Å². The Morgan fingerprint density at radius 2 is 1.65 bits per heavy atom. The standard InChI is InChI=1S/C25H36N4O5/c1-18(30)27-10-12-28(13-11-27)24(31)20-6-4-19(5-7-20)17-29-23-16-21(34-15-14-33-3)8-9-22(23)26(2)25(29)32/h8-9,16,19-20H,4-7,10-15,17H2,1-3H3/t19-,20-. The number of nitrogens with zero attached hydrogens (tertiary/aromatic N) is 4. The zero-order valence-corrected chi connectivity index (χ0v) is 20.5. The highest BCUT2D eigenvalue weighted by atomic mass is 16.5. The van der Waals surface area contributed by atoms with Gasteiger partial charge in [0.05, 0.1) is 17.6 Å². The summed E-state index contributed by atoms with van der Waals surface area (Å²) in [5, 5.41) is 0. The molecular formula is C25H36N4O5. The third kappa shape index (κ3) is 5.14. The largest absolute Gasteiger partial charge is 0.491 e. The normalized spacial score (nSPS) is 21.1. The van der Waals surface area contributed by atoms with Gasteiger partial charge in [0.15, 0.2) is 0 Å². The van der Waals surface area contributed by atoms with Gasteiger partial charge >= 0.3 is 5.69 Å². The lowest BCUT2D eigenvalue weighted by Gasteiger charge is -2.37. The van der Waals surface area contributed by atoms with Gasteiger partial charge in [-0.15, -0.1) is 0 Å². The smallest absolute Gasteiger partial charge is 0.328 e. The number of aryl methyl sites for hydroxylation is 1. The molecule has 0 atom stereocenters. The molecule has 0 radical (unpaired) electrons. The molecule has 0 unspecified atom stereocenters. The summed E-state index contributed by atoms with van der Waals surface area (Å²) in [4.78, 5) is 41.2. The number of fused-ring (bicyclic) bond motifs is 1. The predicted octanol–water partition coefficient (Wildman–Crippen LogP) is 1.86. The summed E-state index contributed by atoms with van der Waals surface area (Å²) in [6.45, 7) is 5.69. The van der Waals surface area contributed by atoms with Crippen LogP contribution in [0.3, 0.4) is 0 Å². The number of benzene rings is 1. The zero-order chi connectivity index (χ0) is 24.2. The molecular weight excluding hydrogens is 436 g/mol. The minimum Gasteiger partial charge on any atom is -0.491 e. The number of aromatic nitrogens is 2. The number of carbonyl (C=O) groups excluding carboxylic acids is 2. The van der Waals surface area contributed by atoms with Gasteiger partial charge in [-0.3, -0.25) is 18.7 Å². The molecule has 2 aromatic rings. The van der Waals surface area contributed by atoms with E-state index in [2.05, 4.69) is 0 Å². The first kappa shape index (κ1) is 24.3. The second kappa shape index (κ2) is 10.6. The summed E-state index contributed by atoms with van der Waals surface area (Å²) in [7, 11) is 3.44. The van der Waals surface area contributed by atoms with E-state index in [0.717, 1.165) is 42.5 Å². The fourth-order valence-corrected chi connectivity index (χ4v) is 5.25. The summed E-state index contributed by atoms with van der Waals surface area (Å²) in [6, 6.07) is 5.74.